The normalized spacial score (nSPS) is 11.4. The zero-order valence-electron chi connectivity index (χ0n) is 9.26. The van der Waals surface area contributed by atoms with Gasteiger partial charge in [-0.2, -0.15) is 0 Å². The number of sulfonamides is 1. The largest absolute Gasteiger partial charge is 0.454 e. The van der Waals surface area contributed by atoms with Crippen LogP contribution < -0.4 is 10.5 Å². The lowest BCUT2D eigenvalue weighted by Crippen LogP contribution is -2.12. The Morgan fingerprint density at radius 1 is 1.28 bits per heavy atom. The van der Waals surface area contributed by atoms with Crippen molar-refractivity contribution in [3.05, 3.63) is 45.9 Å². The average molecular weight is 378 g/mol. The number of hydrogen-bond donors (Lipinski definition) is 2. The minimum Gasteiger partial charge on any atom is -0.454 e. The van der Waals surface area contributed by atoms with Gasteiger partial charge >= 0.3 is 0 Å². The van der Waals surface area contributed by atoms with E-state index in [-0.39, 0.29) is 4.90 Å². The summed E-state index contributed by atoms with van der Waals surface area (Å²) in [4.78, 5) is 0.0847. The number of furan rings is 1. The summed E-state index contributed by atoms with van der Waals surface area (Å²) in [5.41, 5.74) is 0.674. The standard InChI is InChI=1S/C11H11IN2O3S/c12-11-5-4-9(17-11)7-14-8-2-1-3-10(6-8)18(13,15)16/h1-6,14H,7H2,(H2,13,15,16). The minimum absolute atomic E-state index is 0.0847. The van der Waals surface area contributed by atoms with E-state index in [0.29, 0.717) is 12.2 Å². The van der Waals surface area contributed by atoms with Gasteiger partial charge in [-0.3, -0.25) is 0 Å². The predicted octanol–water partition coefficient (Wildman–Crippen LogP) is 2.14. The number of nitrogens with one attached hydrogen (secondary N) is 1. The SMILES string of the molecule is NS(=O)(=O)c1cccc(NCc2ccc(I)o2)c1. The van der Waals surface area contributed by atoms with Gasteiger partial charge in [0.25, 0.3) is 0 Å². The molecular formula is C11H11IN2O3S. The molecule has 0 atom stereocenters. The molecule has 0 aliphatic rings. The summed E-state index contributed by atoms with van der Waals surface area (Å²) in [7, 11) is -3.67. The molecule has 1 heterocycles. The Morgan fingerprint density at radius 2 is 2.06 bits per heavy atom. The van der Waals surface area contributed by atoms with E-state index in [1.165, 1.54) is 12.1 Å². The summed E-state index contributed by atoms with van der Waals surface area (Å²) in [6.45, 7) is 0.483. The third-order valence-electron chi connectivity index (χ3n) is 2.26. The van der Waals surface area contributed by atoms with Gasteiger partial charge in [0.05, 0.1) is 11.4 Å². The van der Waals surface area contributed by atoms with E-state index < -0.39 is 10.0 Å². The molecule has 1 aromatic carbocycles. The first-order valence-corrected chi connectivity index (χ1v) is 7.68. The number of halogens is 1. The van der Waals surface area contributed by atoms with Crippen LogP contribution in [0.1, 0.15) is 5.76 Å². The Balaban J connectivity index is 2.11. The Bertz CT molecular complexity index is 652. The first-order valence-electron chi connectivity index (χ1n) is 5.06. The molecular weight excluding hydrogens is 367 g/mol. The van der Waals surface area contributed by atoms with Crippen molar-refractivity contribution in [3.8, 4) is 0 Å². The number of rotatable bonds is 4. The van der Waals surface area contributed by atoms with Gasteiger partial charge in [0.1, 0.15) is 5.76 Å². The van der Waals surface area contributed by atoms with Gasteiger partial charge < -0.3 is 9.73 Å². The summed E-state index contributed by atoms with van der Waals surface area (Å²) in [5, 5.41) is 8.13. The molecule has 18 heavy (non-hydrogen) atoms. The van der Waals surface area contributed by atoms with Gasteiger partial charge in [0.2, 0.25) is 10.0 Å². The average Bonchev–Trinajstić information content (AvgIpc) is 2.72. The lowest BCUT2D eigenvalue weighted by Gasteiger charge is -2.05. The maximum atomic E-state index is 11.2. The maximum Gasteiger partial charge on any atom is 0.238 e. The van der Waals surface area contributed by atoms with Crippen LogP contribution in [-0.2, 0) is 16.6 Å². The predicted molar refractivity (Wildman–Crippen MR) is 76.6 cm³/mol. The van der Waals surface area contributed by atoms with Crippen LogP contribution in [0.4, 0.5) is 5.69 Å². The smallest absolute Gasteiger partial charge is 0.238 e. The van der Waals surface area contributed by atoms with Crippen LogP contribution in [0, 0.1) is 3.77 Å². The molecule has 0 fully saturated rings. The van der Waals surface area contributed by atoms with E-state index in [1.807, 2.05) is 12.1 Å². The number of hydrogen-bond acceptors (Lipinski definition) is 4. The number of primary sulfonamides is 1. The van der Waals surface area contributed by atoms with E-state index in [0.717, 1.165) is 9.53 Å². The second-order valence-electron chi connectivity index (χ2n) is 3.63. The second-order valence-corrected chi connectivity index (χ2v) is 6.26. The van der Waals surface area contributed by atoms with Gasteiger partial charge in [0.15, 0.2) is 3.77 Å². The Kier molecular flexibility index (Phi) is 3.93. The Morgan fingerprint density at radius 3 is 2.67 bits per heavy atom. The van der Waals surface area contributed by atoms with Gasteiger partial charge in [-0.1, -0.05) is 6.07 Å². The molecule has 0 saturated carbocycles. The third-order valence-corrected chi connectivity index (χ3v) is 3.75. The van der Waals surface area contributed by atoms with Crippen LogP contribution in [0.5, 0.6) is 0 Å². The van der Waals surface area contributed by atoms with Crippen molar-refractivity contribution in [2.75, 3.05) is 5.32 Å². The van der Waals surface area contributed by atoms with Gasteiger partial charge in [0, 0.05) is 5.69 Å². The van der Waals surface area contributed by atoms with Crippen molar-refractivity contribution in [1.82, 2.24) is 0 Å². The van der Waals surface area contributed by atoms with Crippen LogP contribution in [-0.4, -0.2) is 8.42 Å². The molecule has 0 saturated heterocycles. The fourth-order valence-electron chi connectivity index (χ4n) is 1.42. The van der Waals surface area contributed by atoms with Crippen LogP contribution in [0.25, 0.3) is 0 Å². The lowest BCUT2D eigenvalue weighted by atomic mass is 10.3. The number of nitrogens with two attached hydrogens (primary N) is 1. The quantitative estimate of drug-likeness (QED) is 0.799. The van der Waals surface area contributed by atoms with E-state index in [2.05, 4.69) is 27.9 Å². The zero-order chi connectivity index (χ0) is 13.2. The topological polar surface area (TPSA) is 85.3 Å². The molecule has 96 valence electrons. The molecule has 7 heteroatoms. The first-order chi connectivity index (χ1) is 8.45. The summed E-state index contributed by atoms with van der Waals surface area (Å²) >= 11 is 2.08. The van der Waals surface area contributed by atoms with Gasteiger partial charge in [-0.25, -0.2) is 13.6 Å². The molecule has 1 aromatic heterocycles. The van der Waals surface area contributed by atoms with E-state index in [1.54, 1.807) is 12.1 Å². The first kappa shape index (κ1) is 13.4. The molecule has 0 amide bonds. The lowest BCUT2D eigenvalue weighted by molar-refractivity contribution is 0.493. The highest BCUT2D eigenvalue weighted by Gasteiger charge is 2.08. The van der Waals surface area contributed by atoms with Crippen molar-refractivity contribution in [1.29, 1.82) is 0 Å². The monoisotopic (exact) mass is 378 g/mol. The van der Waals surface area contributed by atoms with Crippen LogP contribution in [0.15, 0.2) is 45.7 Å². The fourth-order valence-corrected chi connectivity index (χ4v) is 2.44. The zero-order valence-corrected chi connectivity index (χ0v) is 12.2. The highest BCUT2D eigenvalue weighted by Crippen LogP contribution is 2.16. The fraction of sp³-hybridized carbons (Fsp3) is 0.0909. The molecule has 2 aromatic rings. The molecule has 0 bridgehead atoms. The molecule has 0 unspecified atom stereocenters. The van der Waals surface area contributed by atoms with Crippen molar-refractivity contribution in [3.63, 3.8) is 0 Å². The van der Waals surface area contributed by atoms with Crippen LogP contribution in [0.3, 0.4) is 0 Å². The van der Waals surface area contributed by atoms with Crippen molar-refractivity contribution in [2.45, 2.75) is 11.4 Å². The van der Waals surface area contributed by atoms with Gasteiger partial charge in [-0.05, 0) is 52.9 Å². The molecule has 5 nitrogen and oxygen atoms in total. The van der Waals surface area contributed by atoms with Gasteiger partial charge in [-0.15, -0.1) is 0 Å². The second kappa shape index (κ2) is 5.29. The molecule has 0 radical (unpaired) electrons. The molecule has 3 N–H and O–H groups in total. The summed E-state index contributed by atoms with van der Waals surface area (Å²) in [6, 6.07) is 10.1. The summed E-state index contributed by atoms with van der Waals surface area (Å²) in [6.07, 6.45) is 0. The summed E-state index contributed by atoms with van der Waals surface area (Å²) < 4.78 is 28.6. The molecule has 0 spiro atoms. The number of anilines is 1. The highest BCUT2D eigenvalue weighted by atomic mass is 127. The maximum absolute atomic E-state index is 11.2. The number of benzene rings is 1. The van der Waals surface area contributed by atoms with Crippen LogP contribution in [0.2, 0.25) is 0 Å². The minimum atomic E-state index is -3.67. The van der Waals surface area contributed by atoms with E-state index >= 15 is 0 Å². The molecule has 0 aliphatic heterocycles. The Hall–Kier alpha value is -1.06. The Labute approximate surface area is 119 Å². The molecule has 2 rings (SSSR count). The van der Waals surface area contributed by atoms with E-state index in [4.69, 9.17) is 9.56 Å². The highest BCUT2D eigenvalue weighted by molar-refractivity contribution is 14.1. The summed E-state index contributed by atoms with van der Waals surface area (Å²) in [5.74, 6) is 0.778. The van der Waals surface area contributed by atoms with Crippen molar-refractivity contribution < 1.29 is 12.8 Å². The van der Waals surface area contributed by atoms with E-state index in [9.17, 15) is 8.42 Å². The van der Waals surface area contributed by atoms with Crippen molar-refractivity contribution >= 4 is 38.3 Å². The van der Waals surface area contributed by atoms with Crippen molar-refractivity contribution in [2.24, 2.45) is 5.14 Å². The van der Waals surface area contributed by atoms with Crippen LogP contribution >= 0.6 is 22.6 Å². The molecule has 0 aliphatic carbocycles. The third kappa shape index (κ3) is 3.47.